The van der Waals surface area contributed by atoms with Crippen molar-refractivity contribution in [2.45, 2.75) is 31.1 Å². The van der Waals surface area contributed by atoms with E-state index < -0.39 is 0 Å². The first-order valence-corrected chi connectivity index (χ1v) is 20.6. The van der Waals surface area contributed by atoms with Gasteiger partial charge in [-0.3, -0.25) is 0 Å². The summed E-state index contributed by atoms with van der Waals surface area (Å²) in [6.45, 7) is 4.76. The van der Waals surface area contributed by atoms with Crippen molar-refractivity contribution in [2.75, 3.05) is 0 Å². The van der Waals surface area contributed by atoms with Crippen LogP contribution < -0.4 is 0 Å². The highest BCUT2D eigenvalue weighted by atomic mass is 14.4. The van der Waals surface area contributed by atoms with Gasteiger partial charge in [-0.2, -0.15) is 0 Å². The van der Waals surface area contributed by atoms with Gasteiger partial charge in [-0.25, -0.2) is 0 Å². The van der Waals surface area contributed by atoms with E-state index >= 15 is 0 Å². The van der Waals surface area contributed by atoms with Crippen LogP contribution in [0, 0.1) is 11.8 Å². The molecule has 0 aliphatic heterocycles. The average Bonchev–Trinajstić information content (AvgIpc) is 3.71. The number of allylic oxidation sites excluding steroid dienone is 12. The average molecular weight is 727 g/mol. The van der Waals surface area contributed by atoms with Crippen molar-refractivity contribution in [1.82, 2.24) is 0 Å². The number of fused-ring (bicyclic) bond motifs is 8. The molecule has 12 rings (SSSR count). The third-order valence-electron chi connectivity index (χ3n) is 13.7. The molecule has 0 aromatic heterocycles. The minimum absolute atomic E-state index is 0.0781. The summed E-state index contributed by atoms with van der Waals surface area (Å²) in [7, 11) is 0. The molecule has 7 aromatic rings. The van der Waals surface area contributed by atoms with E-state index in [-0.39, 0.29) is 5.41 Å². The van der Waals surface area contributed by atoms with Crippen LogP contribution in [0.25, 0.3) is 66.1 Å². The van der Waals surface area contributed by atoms with Gasteiger partial charge in [0.05, 0.1) is 0 Å². The van der Waals surface area contributed by atoms with Crippen molar-refractivity contribution >= 4 is 32.7 Å². The molecular formula is C57H42. The van der Waals surface area contributed by atoms with Crippen LogP contribution in [-0.4, -0.2) is 0 Å². The highest BCUT2D eigenvalue weighted by Gasteiger charge is 2.36. The maximum atomic E-state index is 2.51. The summed E-state index contributed by atoms with van der Waals surface area (Å²) in [6.07, 6.45) is 23.7. The Kier molecular flexibility index (Phi) is 7.03. The Morgan fingerprint density at radius 2 is 1.00 bits per heavy atom. The van der Waals surface area contributed by atoms with Crippen molar-refractivity contribution in [3.8, 4) is 33.4 Å². The maximum absolute atomic E-state index is 2.51. The Hall–Kier alpha value is -6.50. The van der Waals surface area contributed by atoms with Crippen LogP contribution in [0.15, 0.2) is 194 Å². The molecule has 0 nitrogen and oxygen atoms in total. The Balaban J connectivity index is 0.837. The summed E-state index contributed by atoms with van der Waals surface area (Å²) in [5.41, 5.74) is 18.7. The Morgan fingerprint density at radius 1 is 0.421 bits per heavy atom. The molecular weight excluding hydrogens is 685 g/mol. The number of rotatable bonds is 4. The van der Waals surface area contributed by atoms with E-state index in [0.29, 0.717) is 23.7 Å². The Morgan fingerprint density at radius 3 is 1.74 bits per heavy atom. The number of hydrogen-bond acceptors (Lipinski definition) is 0. The summed E-state index contributed by atoms with van der Waals surface area (Å²) < 4.78 is 0. The first-order valence-electron chi connectivity index (χ1n) is 20.6. The maximum Gasteiger partial charge on any atom is 0.0159 e. The lowest BCUT2D eigenvalue weighted by molar-refractivity contribution is 0.661. The predicted molar refractivity (Wildman–Crippen MR) is 241 cm³/mol. The van der Waals surface area contributed by atoms with E-state index in [1.165, 1.54) is 99.5 Å². The van der Waals surface area contributed by atoms with E-state index in [2.05, 4.69) is 208 Å². The van der Waals surface area contributed by atoms with E-state index in [0.717, 1.165) is 0 Å². The topological polar surface area (TPSA) is 0 Å². The summed E-state index contributed by atoms with van der Waals surface area (Å²) in [4.78, 5) is 0. The fraction of sp³-hybridized carbons (Fsp3) is 0.123. The lowest BCUT2D eigenvalue weighted by Gasteiger charge is -2.26. The fourth-order valence-corrected chi connectivity index (χ4v) is 10.7. The standard InChI is InChI=1S/C57H42/c1-57(2)54-33-42(35-9-4-3-5-10-35)23-25-49(54)50-26-24-43(34-55(50)57)40-21-20-37-29-39(19-18-38(37)30-40)41-17-15-36-16-22-44(32-45(36)31-41)46-27-28-53-48-12-7-6-11-47(48)52-14-8-13-51(46)56(52)53/h3-34,36,45,47-48H,1-2H3. The summed E-state index contributed by atoms with van der Waals surface area (Å²) in [6, 6.07) is 50.5. The molecule has 5 aliphatic carbocycles. The first-order chi connectivity index (χ1) is 28.0. The molecule has 0 amide bonds. The van der Waals surface area contributed by atoms with E-state index in [1.54, 1.807) is 0 Å². The molecule has 0 saturated carbocycles. The Bertz CT molecular complexity index is 3020. The molecule has 4 atom stereocenters. The molecule has 7 aromatic carbocycles. The SMILES string of the molecule is CC1(C)c2cc(-c3ccccc3)ccc2-c2ccc(-c3ccc4cc(C5=CC6C=C(c7ccc8c9c(cccc79)C7C=CC=CC87)C=CC6C=C5)ccc4c3)cc21. The normalized spacial score (nSPS) is 21.6. The van der Waals surface area contributed by atoms with E-state index in [9.17, 15) is 0 Å². The zero-order chi connectivity index (χ0) is 37.8. The minimum atomic E-state index is -0.0781. The van der Waals surface area contributed by atoms with Gasteiger partial charge in [0.1, 0.15) is 0 Å². The molecule has 5 aliphatic rings. The van der Waals surface area contributed by atoms with Gasteiger partial charge >= 0.3 is 0 Å². The van der Waals surface area contributed by atoms with Gasteiger partial charge < -0.3 is 0 Å². The summed E-state index contributed by atoms with van der Waals surface area (Å²) >= 11 is 0. The van der Waals surface area contributed by atoms with Crippen LogP contribution in [0.2, 0.25) is 0 Å². The van der Waals surface area contributed by atoms with Gasteiger partial charge in [-0.1, -0.05) is 184 Å². The lowest BCUT2D eigenvalue weighted by Crippen LogP contribution is -2.15. The molecule has 0 heteroatoms. The van der Waals surface area contributed by atoms with Gasteiger partial charge in [0.15, 0.2) is 0 Å². The van der Waals surface area contributed by atoms with Crippen molar-refractivity contribution in [3.63, 3.8) is 0 Å². The van der Waals surface area contributed by atoms with E-state index in [1.807, 2.05) is 0 Å². The molecule has 0 fully saturated rings. The van der Waals surface area contributed by atoms with Gasteiger partial charge in [0.2, 0.25) is 0 Å². The van der Waals surface area contributed by atoms with Crippen molar-refractivity contribution in [2.24, 2.45) is 11.8 Å². The molecule has 0 radical (unpaired) electrons. The zero-order valence-electron chi connectivity index (χ0n) is 32.3. The number of benzene rings is 7. The van der Waals surface area contributed by atoms with Gasteiger partial charge in [0, 0.05) is 29.1 Å². The van der Waals surface area contributed by atoms with Crippen LogP contribution in [0.5, 0.6) is 0 Å². The highest BCUT2D eigenvalue weighted by molar-refractivity contribution is 6.02. The zero-order valence-corrected chi connectivity index (χ0v) is 32.3. The van der Waals surface area contributed by atoms with Gasteiger partial charge in [-0.15, -0.1) is 0 Å². The predicted octanol–water partition coefficient (Wildman–Crippen LogP) is 14.8. The monoisotopic (exact) mass is 726 g/mol. The van der Waals surface area contributed by atoms with Crippen molar-refractivity contribution in [1.29, 1.82) is 0 Å². The van der Waals surface area contributed by atoms with Crippen molar-refractivity contribution < 1.29 is 0 Å². The molecule has 0 N–H and O–H groups in total. The third-order valence-corrected chi connectivity index (χ3v) is 13.7. The second-order valence-corrected chi connectivity index (χ2v) is 17.2. The minimum Gasteiger partial charge on any atom is -0.0761 e. The molecule has 57 heavy (non-hydrogen) atoms. The molecule has 0 saturated heterocycles. The second kappa shape index (κ2) is 12.2. The van der Waals surface area contributed by atoms with Crippen LogP contribution >= 0.6 is 0 Å². The molecule has 0 heterocycles. The molecule has 4 unspecified atom stereocenters. The van der Waals surface area contributed by atoms with Gasteiger partial charge in [-0.05, 0) is 124 Å². The van der Waals surface area contributed by atoms with Gasteiger partial charge in [0.25, 0.3) is 0 Å². The third kappa shape index (κ3) is 5.00. The summed E-state index contributed by atoms with van der Waals surface area (Å²) in [5, 5.41) is 5.38. The largest absolute Gasteiger partial charge is 0.0761 e. The van der Waals surface area contributed by atoms with Crippen LogP contribution in [0.1, 0.15) is 59.1 Å². The van der Waals surface area contributed by atoms with Crippen LogP contribution in [0.4, 0.5) is 0 Å². The fourth-order valence-electron chi connectivity index (χ4n) is 10.7. The lowest BCUT2D eigenvalue weighted by atomic mass is 9.78. The highest BCUT2D eigenvalue weighted by Crippen LogP contribution is 2.52. The van der Waals surface area contributed by atoms with Crippen LogP contribution in [0.3, 0.4) is 0 Å². The van der Waals surface area contributed by atoms with Crippen LogP contribution in [-0.2, 0) is 5.41 Å². The first kappa shape index (κ1) is 32.7. The molecule has 270 valence electrons. The quantitative estimate of drug-likeness (QED) is 0.169. The molecule has 0 bridgehead atoms. The van der Waals surface area contributed by atoms with Crippen molar-refractivity contribution in [3.05, 3.63) is 228 Å². The second-order valence-electron chi connectivity index (χ2n) is 17.2. The smallest absolute Gasteiger partial charge is 0.0159 e. The Labute approximate surface area is 335 Å². The van der Waals surface area contributed by atoms with E-state index in [4.69, 9.17) is 0 Å². The number of hydrogen-bond donors (Lipinski definition) is 0. The summed E-state index contributed by atoms with van der Waals surface area (Å²) in [5.74, 6) is 1.60. The molecule has 0 spiro atoms.